The molecule has 1 aromatic heterocycles. The largest absolute Gasteiger partial charge is 0.448 e. The standard InChI is InChI=1S/C12H11N3O2S/c13-11(16)7-1-2-9-8(5-7)15-6-10(18-9)12-14-3-4-17-12/h1-5,10,15H,6H2,(H2,13,16). The monoisotopic (exact) mass is 261 g/mol. The third-order valence-electron chi connectivity index (χ3n) is 2.74. The summed E-state index contributed by atoms with van der Waals surface area (Å²) in [5.74, 6) is 0.288. The minimum Gasteiger partial charge on any atom is -0.448 e. The van der Waals surface area contributed by atoms with Gasteiger partial charge < -0.3 is 15.5 Å². The minimum absolute atomic E-state index is 0.145. The number of oxazole rings is 1. The van der Waals surface area contributed by atoms with Crippen molar-refractivity contribution in [3.63, 3.8) is 0 Å². The van der Waals surface area contributed by atoms with Gasteiger partial charge in [-0.05, 0) is 18.2 Å². The lowest BCUT2D eigenvalue weighted by molar-refractivity contribution is 0.100. The number of carbonyl (C=O) groups excluding carboxylic acids is 1. The number of primary amides is 1. The Morgan fingerprint density at radius 1 is 1.56 bits per heavy atom. The number of rotatable bonds is 2. The van der Waals surface area contributed by atoms with Gasteiger partial charge in [-0.2, -0.15) is 0 Å². The van der Waals surface area contributed by atoms with E-state index < -0.39 is 5.91 Å². The molecular formula is C12H11N3O2S. The highest BCUT2D eigenvalue weighted by atomic mass is 32.2. The summed E-state index contributed by atoms with van der Waals surface area (Å²) in [5.41, 5.74) is 6.69. The van der Waals surface area contributed by atoms with E-state index in [1.54, 1.807) is 36.4 Å². The second-order valence-corrected chi connectivity index (χ2v) is 5.18. The summed E-state index contributed by atoms with van der Waals surface area (Å²) >= 11 is 1.66. The number of carbonyl (C=O) groups is 1. The number of hydrogen-bond donors (Lipinski definition) is 2. The van der Waals surface area contributed by atoms with Crippen LogP contribution in [-0.2, 0) is 0 Å². The number of nitrogens with two attached hydrogens (primary N) is 1. The molecule has 0 bridgehead atoms. The van der Waals surface area contributed by atoms with Crippen molar-refractivity contribution >= 4 is 23.4 Å². The van der Waals surface area contributed by atoms with Crippen LogP contribution in [0.3, 0.4) is 0 Å². The van der Waals surface area contributed by atoms with Crippen LogP contribution >= 0.6 is 11.8 Å². The summed E-state index contributed by atoms with van der Waals surface area (Å²) < 4.78 is 5.30. The molecule has 1 atom stereocenters. The van der Waals surface area contributed by atoms with Crippen molar-refractivity contribution in [2.24, 2.45) is 5.73 Å². The number of fused-ring (bicyclic) bond motifs is 1. The highest BCUT2D eigenvalue weighted by Gasteiger charge is 2.24. The van der Waals surface area contributed by atoms with E-state index in [1.165, 1.54) is 0 Å². The highest BCUT2D eigenvalue weighted by molar-refractivity contribution is 7.99. The van der Waals surface area contributed by atoms with Crippen molar-refractivity contribution in [2.45, 2.75) is 10.1 Å². The van der Waals surface area contributed by atoms with Crippen LogP contribution in [0.15, 0.2) is 40.0 Å². The summed E-state index contributed by atoms with van der Waals surface area (Å²) in [4.78, 5) is 16.3. The Morgan fingerprint density at radius 2 is 2.44 bits per heavy atom. The van der Waals surface area contributed by atoms with E-state index in [1.807, 2.05) is 6.07 Å². The Labute approximate surface area is 108 Å². The van der Waals surface area contributed by atoms with Crippen molar-refractivity contribution in [1.29, 1.82) is 0 Å². The number of anilines is 1. The molecule has 0 spiro atoms. The molecule has 2 aromatic rings. The summed E-state index contributed by atoms with van der Waals surface area (Å²) in [6.45, 7) is 0.709. The van der Waals surface area contributed by atoms with Crippen molar-refractivity contribution < 1.29 is 9.21 Å². The van der Waals surface area contributed by atoms with Gasteiger partial charge in [0, 0.05) is 22.7 Å². The van der Waals surface area contributed by atoms with Gasteiger partial charge in [-0.25, -0.2) is 4.98 Å². The van der Waals surface area contributed by atoms with Gasteiger partial charge in [0.2, 0.25) is 11.8 Å². The first-order valence-corrected chi connectivity index (χ1v) is 6.36. The lowest BCUT2D eigenvalue weighted by atomic mass is 10.2. The molecule has 1 amide bonds. The molecule has 1 unspecified atom stereocenters. The Balaban J connectivity index is 1.88. The lowest BCUT2D eigenvalue weighted by Crippen LogP contribution is -2.17. The van der Waals surface area contributed by atoms with Crippen LogP contribution in [0.1, 0.15) is 21.5 Å². The van der Waals surface area contributed by atoms with Gasteiger partial charge in [-0.3, -0.25) is 4.79 Å². The second kappa shape index (κ2) is 4.38. The summed E-state index contributed by atoms with van der Waals surface area (Å²) in [5, 5.41) is 3.41. The van der Waals surface area contributed by atoms with Gasteiger partial charge in [0.1, 0.15) is 11.5 Å². The van der Waals surface area contributed by atoms with Crippen LogP contribution in [0.4, 0.5) is 5.69 Å². The third kappa shape index (κ3) is 1.95. The number of amides is 1. The Morgan fingerprint density at radius 3 is 3.17 bits per heavy atom. The molecular weight excluding hydrogens is 250 g/mol. The van der Waals surface area contributed by atoms with E-state index in [0.717, 1.165) is 10.6 Å². The van der Waals surface area contributed by atoms with Crippen molar-refractivity contribution in [3.05, 3.63) is 42.1 Å². The molecule has 1 aliphatic heterocycles. The van der Waals surface area contributed by atoms with Crippen LogP contribution < -0.4 is 11.1 Å². The molecule has 5 nitrogen and oxygen atoms in total. The van der Waals surface area contributed by atoms with Gasteiger partial charge >= 0.3 is 0 Å². The predicted octanol–water partition coefficient (Wildman–Crippen LogP) is 2.03. The first kappa shape index (κ1) is 11.2. The number of nitrogens with one attached hydrogen (secondary N) is 1. The van der Waals surface area contributed by atoms with Crippen LogP contribution in [0.5, 0.6) is 0 Å². The molecule has 0 saturated heterocycles. The molecule has 0 fully saturated rings. The molecule has 3 rings (SSSR count). The fraction of sp³-hybridized carbons (Fsp3) is 0.167. The number of benzene rings is 1. The smallest absolute Gasteiger partial charge is 0.248 e. The number of thioether (sulfide) groups is 1. The summed E-state index contributed by atoms with van der Waals surface area (Å²) in [6, 6.07) is 5.40. The maximum Gasteiger partial charge on any atom is 0.248 e. The van der Waals surface area contributed by atoms with Crippen LogP contribution in [0.25, 0.3) is 0 Å². The van der Waals surface area contributed by atoms with Crippen molar-refractivity contribution in [1.82, 2.24) is 4.98 Å². The average Bonchev–Trinajstić information content (AvgIpc) is 2.91. The van der Waals surface area contributed by atoms with E-state index in [4.69, 9.17) is 10.2 Å². The normalized spacial score (nSPS) is 17.9. The molecule has 1 aromatic carbocycles. The lowest BCUT2D eigenvalue weighted by Gasteiger charge is -2.23. The van der Waals surface area contributed by atoms with E-state index >= 15 is 0 Å². The molecule has 0 aliphatic carbocycles. The van der Waals surface area contributed by atoms with Crippen LogP contribution in [0.2, 0.25) is 0 Å². The summed E-state index contributed by atoms with van der Waals surface area (Å²) in [7, 11) is 0. The van der Waals surface area contributed by atoms with E-state index in [9.17, 15) is 4.79 Å². The molecule has 6 heteroatoms. The number of nitrogens with zero attached hydrogens (tertiary/aromatic N) is 1. The first-order valence-electron chi connectivity index (χ1n) is 5.48. The molecule has 0 saturated carbocycles. The third-order valence-corrected chi connectivity index (χ3v) is 4.00. The number of hydrogen-bond acceptors (Lipinski definition) is 5. The molecule has 18 heavy (non-hydrogen) atoms. The van der Waals surface area contributed by atoms with E-state index in [0.29, 0.717) is 18.0 Å². The summed E-state index contributed by atoms with van der Waals surface area (Å²) in [6.07, 6.45) is 3.21. The predicted molar refractivity (Wildman–Crippen MR) is 68.6 cm³/mol. The fourth-order valence-electron chi connectivity index (χ4n) is 1.85. The van der Waals surface area contributed by atoms with Gasteiger partial charge in [0.25, 0.3) is 0 Å². The van der Waals surface area contributed by atoms with Gasteiger partial charge in [0.05, 0.1) is 6.20 Å². The highest BCUT2D eigenvalue weighted by Crippen LogP contribution is 2.42. The van der Waals surface area contributed by atoms with Crippen molar-refractivity contribution in [2.75, 3.05) is 11.9 Å². The molecule has 2 heterocycles. The first-order chi connectivity index (χ1) is 8.74. The topological polar surface area (TPSA) is 81.2 Å². The van der Waals surface area contributed by atoms with Gasteiger partial charge in [0.15, 0.2) is 0 Å². The van der Waals surface area contributed by atoms with Crippen LogP contribution in [0, 0.1) is 0 Å². The molecule has 92 valence electrons. The van der Waals surface area contributed by atoms with Gasteiger partial charge in [-0.15, -0.1) is 11.8 Å². The second-order valence-electron chi connectivity index (χ2n) is 3.93. The van der Waals surface area contributed by atoms with E-state index in [-0.39, 0.29) is 5.25 Å². The fourth-order valence-corrected chi connectivity index (χ4v) is 2.95. The Kier molecular flexibility index (Phi) is 2.71. The van der Waals surface area contributed by atoms with Crippen molar-refractivity contribution in [3.8, 4) is 0 Å². The minimum atomic E-state index is -0.417. The molecule has 3 N–H and O–H groups in total. The quantitative estimate of drug-likeness (QED) is 0.864. The maximum atomic E-state index is 11.1. The average molecular weight is 261 g/mol. The zero-order chi connectivity index (χ0) is 12.5. The number of aromatic nitrogens is 1. The maximum absolute atomic E-state index is 11.1. The van der Waals surface area contributed by atoms with E-state index in [2.05, 4.69) is 10.3 Å². The molecule has 1 aliphatic rings. The Hall–Kier alpha value is -1.95. The Bertz CT molecular complexity index is 583. The zero-order valence-electron chi connectivity index (χ0n) is 9.42. The molecule has 0 radical (unpaired) electrons. The van der Waals surface area contributed by atoms with Gasteiger partial charge in [-0.1, -0.05) is 0 Å². The zero-order valence-corrected chi connectivity index (χ0v) is 10.2. The van der Waals surface area contributed by atoms with Crippen LogP contribution in [-0.4, -0.2) is 17.4 Å². The SMILES string of the molecule is NC(=O)c1ccc2c(c1)NCC(c1ncco1)S2.